The zero-order chi connectivity index (χ0) is 16.2. The lowest BCUT2D eigenvalue weighted by Gasteiger charge is -2.32. The molecule has 1 aliphatic heterocycles. The van der Waals surface area contributed by atoms with Crippen molar-refractivity contribution in [2.75, 3.05) is 19.7 Å². The fourth-order valence-electron chi connectivity index (χ4n) is 3.19. The van der Waals surface area contributed by atoms with Crippen LogP contribution >= 0.6 is 11.6 Å². The number of nitrogens with zero attached hydrogens (tertiary/aromatic N) is 3. The zero-order valence-electron chi connectivity index (χ0n) is 13.0. The van der Waals surface area contributed by atoms with Crippen LogP contribution in [-0.4, -0.2) is 44.6 Å². The molecule has 2 N–H and O–H groups in total. The Morgan fingerprint density at radius 3 is 3.00 bits per heavy atom. The second-order valence-electron chi connectivity index (χ2n) is 6.05. The first-order chi connectivity index (χ1) is 11.2. The van der Waals surface area contributed by atoms with Crippen LogP contribution in [0.25, 0.3) is 0 Å². The van der Waals surface area contributed by atoms with Gasteiger partial charge in [0, 0.05) is 25.2 Å². The topological polar surface area (TPSA) is 61.5 Å². The standard InChI is InChI=1S/C17H22ClN3O2/c18-17-14(3-1-5-16(17)23)12-20-7-2-4-13(11-20)15-6-8-21(19-15)9-10-22/h1,3,5-6,8,13,22-23H,2,4,7,9-12H2/t13-/m0/s1. The molecule has 0 saturated carbocycles. The van der Waals surface area contributed by atoms with Crippen LogP contribution < -0.4 is 0 Å². The Balaban J connectivity index is 1.67. The maximum absolute atomic E-state index is 9.73. The quantitative estimate of drug-likeness (QED) is 0.881. The molecule has 6 heteroatoms. The zero-order valence-corrected chi connectivity index (χ0v) is 13.8. The molecule has 1 saturated heterocycles. The van der Waals surface area contributed by atoms with Crippen LogP contribution in [0.2, 0.25) is 5.02 Å². The molecule has 2 aromatic rings. The van der Waals surface area contributed by atoms with E-state index < -0.39 is 0 Å². The number of aliphatic hydroxyl groups excluding tert-OH is 1. The highest BCUT2D eigenvalue weighted by molar-refractivity contribution is 6.32. The first kappa shape index (κ1) is 16.3. The molecule has 1 fully saturated rings. The molecule has 0 spiro atoms. The van der Waals surface area contributed by atoms with E-state index >= 15 is 0 Å². The van der Waals surface area contributed by atoms with Crippen molar-refractivity contribution in [2.45, 2.75) is 31.8 Å². The molecule has 0 bridgehead atoms. The number of aromatic nitrogens is 2. The highest BCUT2D eigenvalue weighted by Gasteiger charge is 2.23. The molecule has 1 atom stereocenters. The molecule has 2 heterocycles. The summed E-state index contributed by atoms with van der Waals surface area (Å²) in [6.45, 7) is 3.34. The number of phenolic OH excluding ortho intramolecular Hbond substituents is 1. The van der Waals surface area contributed by atoms with E-state index in [1.54, 1.807) is 10.7 Å². The summed E-state index contributed by atoms with van der Waals surface area (Å²) in [6.07, 6.45) is 4.17. The molecule has 5 nitrogen and oxygen atoms in total. The third kappa shape index (κ3) is 3.86. The minimum Gasteiger partial charge on any atom is -0.506 e. The molecule has 0 radical (unpaired) electrons. The molecule has 1 aromatic carbocycles. The Kier molecular flexibility index (Phi) is 5.20. The van der Waals surface area contributed by atoms with Gasteiger partial charge in [-0.05, 0) is 37.1 Å². The largest absolute Gasteiger partial charge is 0.506 e. The van der Waals surface area contributed by atoms with Crippen LogP contribution in [0.1, 0.15) is 30.0 Å². The summed E-state index contributed by atoms with van der Waals surface area (Å²) >= 11 is 6.19. The lowest BCUT2D eigenvalue weighted by Crippen LogP contribution is -2.34. The lowest BCUT2D eigenvalue weighted by atomic mass is 9.94. The van der Waals surface area contributed by atoms with Gasteiger partial charge < -0.3 is 10.2 Å². The van der Waals surface area contributed by atoms with Crippen LogP contribution in [0.15, 0.2) is 30.5 Å². The van der Waals surface area contributed by atoms with Crippen molar-refractivity contribution in [1.82, 2.24) is 14.7 Å². The SMILES string of the molecule is OCCn1ccc([C@H]2CCCN(Cc3cccc(O)c3Cl)C2)n1. The lowest BCUT2D eigenvalue weighted by molar-refractivity contribution is 0.197. The summed E-state index contributed by atoms with van der Waals surface area (Å²) in [7, 11) is 0. The van der Waals surface area contributed by atoms with Gasteiger partial charge in [-0.25, -0.2) is 0 Å². The van der Waals surface area contributed by atoms with E-state index in [1.807, 2.05) is 24.4 Å². The van der Waals surface area contributed by atoms with Crippen molar-refractivity contribution >= 4 is 11.6 Å². The van der Waals surface area contributed by atoms with Gasteiger partial charge in [-0.1, -0.05) is 23.7 Å². The average Bonchev–Trinajstić information content (AvgIpc) is 3.01. The van der Waals surface area contributed by atoms with Gasteiger partial charge in [0.1, 0.15) is 5.75 Å². The summed E-state index contributed by atoms with van der Waals surface area (Å²) in [4.78, 5) is 2.36. The third-order valence-electron chi connectivity index (χ3n) is 4.37. The fourth-order valence-corrected chi connectivity index (χ4v) is 3.38. The Morgan fingerprint density at radius 1 is 1.30 bits per heavy atom. The van der Waals surface area contributed by atoms with Gasteiger partial charge >= 0.3 is 0 Å². The molecule has 3 rings (SSSR count). The molecule has 0 unspecified atom stereocenters. The first-order valence-electron chi connectivity index (χ1n) is 8.00. The summed E-state index contributed by atoms with van der Waals surface area (Å²) in [5.74, 6) is 0.542. The van der Waals surface area contributed by atoms with Gasteiger partial charge in [-0.3, -0.25) is 9.58 Å². The molecule has 1 aliphatic rings. The maximum atomic E-state index is 9.73. The van der Waals surface area contributed by atoms with Gasteiger partial charge in [0.2, 0.25) is 0 Å². The Bertz CT molecular complexity index is 659. The number of likely N-dealkylation sites (tertiary alicyclic amines) is 1. The molecule has 1 aromatic heterocycles. The number of rotatable bonds is 5. The maximum Gasteiger partial charge on any atom is 0.134 e. The highest BCUT2D eigenvalue weighted by atomic mass is 35.5. The van der Waals surface area contributed by atoms with Gasteiger partial charge in [-0.2, -0.15) is 5.10 Å². The Hall–Kier alpha value is -1.56. The predicted molar refractivity (Wildman–Crippen MR) is 89.7 cm³/mol. The second-order valence-corrected chi connectivity index (χ2v) is 6.43. The fraction of sp³-hybridized carbons (Fsp3) is 0.471. The number of piperidine rings is 1. The van der Waals surface area contributed by atoms with E-state index in [-0.39, 0.29) is 12.4 Å². The summed E-state index contributed by atoms with van der Waals surface area (Å²) in [6, 6.07) is 7.44. The normalized spacial score (nSPS) is 19.1. The number of aromatic hydroxyl groups is 1. The highest BCUT2D eigenvalue weighted by Crippen LogP contribution is 2.30. The molecular weight excluding hydrogens is 314 g/mol. The van der Waals surface area contributed by atoms with Gasteiger partial charge in [0.05, 0.1) is 23.9 Å². The van der Waals surface area contributed by atoms with E-state index in [9.17, 15) is 5.11 Å². The Morgan fingerprint density at radius 2 is 2.17 bits per heavy atom. The number of benzene rings is 1. The number of phenols is 1. The van der Waals surface area contributed by atoms with E-state index in [2.05, 4.69) is 10.00 Å². The van der Waals surface area contributed by atoms with Crippen molar-refractivity contribution in [3.05, 3.63) is 46.7 Å². The van der Waals surface area contributed by atoms with Crippen molar-refractivity contribution in [2.24, 2.45) is 0 Å². The number of hydrogen-bond acceptors (Lipinski definition) is 4. The molecule has 23 heavy (non-hydrogen) atoms. The first-order valence-corrected chi connectivity index (χ1v) is 8.38. The van der Waals surface area contributed by atoms with Crippen LogP contribution in [0, 0.1) is 0 Å². The molecule has 0 aliphatic carbocycles. The molecule has 124 valence electrons. The predicted octanol–water partition coefficient (Wildman–Crippen LogP) is 2.61. The van der Waals surface area contributed by atoms with Crippen molar-refractivity contribution in [3.63, 3.8) is 0 Å². The average molecular weight is 336 g/mol. The Labute approximate surface area is 141 Å². The summed E-state index contributed by atoms with van der Waals surface area (Å²) in [5, 5.41) is 23.7. The minimum atomic E-state index is 0.105. The van der Waals surface area contributed by atoms with Crippen LogP contribution in [0.5, 0.6) is 5.75 Å². The molecule has 0 amide bonds. The third-order valence-corrected chi connectivity index (χ3v) is 4.80. The minimum absolute atomic E-state index is 0.105. The van der Waals surface area contributed by atoms with Crippen molar-refractivity contribution in [1.29, 1.82) is 0 Å². The van der Waals surface area contributed by atoms with E-state index in [0.717, 1.165) is 43.7 Å². The van der Waals surface area contributed by atoms with Gasteiger partial charge in [0.25, 0.3) is 0 Å². The van der Waals surface area contributed by atoms with Crippen LogP contribution in [0.4, 0.5) is 0 Å². The van der Waals surface area contributed by atoms with Gasteiger partial charge in [0.15, 0.2) is 0 Å². The number of hydrogen-bond donors (Lipinski definition) is 2. The smallest absolute Gasteiger partial charge is 0.134 e. The van der Waals surface area contributed by atoms with Crippen LogP contribution in [-0.2, 0) is 13.1 Å². The van der Waals surface area contributed by atoms with Gasteiger partial charge in [-0.15, -0.1) is 0 Å². The van der Waals surface area contributed by atoms with Crippen LogP contribution in [0.3, 0.4) is 0 Å². The van der Waals surface area contributed by atoms with Crippen molar-refractivity contribution < 1.29 is 10.2 Å². The van der Waals surface area contributed by atoms with E-state index in [4.69, 9.17) is 16.7 Å². The molecular formula is C17H22ClN3O2. The number of halogens is 1. The summed E-state index contributed by atoms with van der Waals surface area (Å²) < 4.78 is 1.79. The van der Waals surface area contributed by atoms with E-state index in [1.165, 1.54) is 0 Å². The summed E-state index contributed by atoms with van der Waals surface area (Å²) in [5.41, 5.74) is 2.04. The second kappa shape index (κ2) is 7.34. The monoisotopic (exact) mass is 335 g/mol. The van der Waals surface area contributed by atoms with Crippen molar-refractivity contribution in [3.8, 4) is 5.75 Å². The van der Waals surface area contributed by atoms with E-state index in [0.29, 0.717) is 17.5 Å². The number of aliphatic hydroxyl groups is 1.